The first-order chi connectivity index (χ1) is 10.4. The van der Waals surface area contributed by atoms with E-state index in [1.165, 1.54) is 21.4 Å². The predicted octanol–water partition coefficient (Wildman–Crippen LogP) is 5.63. The molecule has 2 heteroatoms. The molecule has 0 aliphatic rings. The van der Waals surface area contributed by atoms with E-state index in [1.54, 1.807) is 11.3 Å². The molecule has 0 atom stereocenters. The zero-order valence-corrected chi connectivity index (χ0v) is 12.2. The first kappa shape index (κ1) is 12.3. The summed E-state index contributed by atoms with van der Waals surface area (Å²) >= 11 is 1.75. The van der Waals surface area contributed by atoms with Gasteiger partial charge in [0.2, 0.25) is 0 Å². The Hall–Kier alpha value is -2.45. The van der Waals surface area contributed by atoms with Crippen molar-refractivity contribution >= 4 is 21.6 Å². The largest absolute Gasteiger partial charge is 0.235 e. The van der Waals surface area contributed by atoms with Crippen LogP contribution in [0.1, 0.15) is 0 Å². The molecule has 100 valence electrons. The first-order valence-electron chi connectivity index (χ1n) is 6.92. The number of hydrogen-bond donors (Lipinski definition) is 0. The molecule has 0 amide bonds. The van der Waals surface area contributed by atoms with E-state index in [2.05, 4.69) is 66.7 Å². The third-order valence-electron chi connectivity index (χ3n) is 3.52. The fourth-order valence-corrected chi connectivity index (χ4v) is 3.50. The molecule has 0 aliphatic heterocycles. The quantitative estimate of drug-likeness (QED) is 0.465. The van der Waals surface area contributed by atoms with E-state index < -0.39 is 0 Å². The maximum atomic E-state index is 4.88. The summed E-state index contributed by atoms with van der Waals surface area (Å²) in [5, 5.41) is 1.08. The summed E-state index contributed by atoms with van der Waals surface area (Å²) in [4.78, 5) is 4.88. The molecule has 1 heterocycles. The van der Waals surface area contributed by atoms with Crippen LogP contribution in [0.4, 0.5) is 0 Å². The zero-order valence-electron chi connectivity index (χ0n) is 11.4. The fourth-order valence-electron chi connectivity index (χ4n) is 2.50. The lowest BCUT2D eigenvalue weighted by molar-refractivity contribution is 1.47. The van der Waals surface area contributed by atoms with Crippen LogP contribution >= 0.6 is 11.3 Å². The van der Waals surface area contributed by atoms with E-state index in [1.807, 2.05) is 12.1 Å². The molecule has 1 aromatic heterocycles. The SMILES string of the molecule is c1ccc(-c2nc3c(-c4ccccc4)cccc3s2)cc1. The van der Waals surface area contributed by atoms with Crippen molar-refractivity contribution in [2.45, 2.75) is 0 Å². The zero-order chi connectivity index (χ0) is 14.1. The monoisotopic (exact) mass is 287 g/mol. The molecular formula is C19H13NS. The number of benzene rings is 3. The minimum absolute atomic E-state index is 1.08. The lowest BCUT2D eigenvalue weighted by Crippen LogP contribution is -1.80. The van der Waals surface area contributed by atoms with Crippen LogP contribution in [0, 0.1) is 0 Å². The van der Waals surface area contributed by atoms with Gasteiger partial charge < -0.3 is 0 Å². The molecule has 0 saturated carbocycles. The molecule has 0 saturated heterocycles. The van der Waals surface area contributed by atoms with Gasteiger partial charge in [-0.1, -0.05) is 72.8 Å². The van der Waals surface area contributed by atoms with E-state index >= 15 is 0 Å². The van der Waals surface area contributed by atoms with Crippen molar-refractivity contribution in [3.05, 3.63) is 78.9 Å². The minimum Gasteiger partial charge on any atom is -0.235 e. The van der Waals surface area contributed by atoms with Crippen molar-refractivity contribution < 1.29 is 0 Å². The number of fused-ring (bicyclic) bond motifs is 1. The average Bonchev–Trinajstić information content (AvgIpc) is 3.00. The second-order valence-corrected chi connectivity index (χ2v) is 5.93. The Bertz CT molecular complexity index is 879. The van der Waals surface area contributed by atoms with Gasteiger partial charge in [-0.15, -0.1) is 11.3 Å². The van der Waals surface area contributed by atoms with Crippen molar-refractivity contribution in [1.29, 1.82) is 0 Å². The molecular weight excluding hydrogens is 274 g/mol. The molecule has 0 radical (unpaired) electrons. The van der Waals surface area contributed by atoms with Crippen LogP contribution in [0.2, 0.25) is 0 Å². The molecule has 3 aromatic carbocycles. The molecule has 0 spiro atoms. The van der Waals surface area contributed by atoms with Crippen molar-refractivity contribution in [1.82, 2.24) is 4.98 Å². The highest BCUT2D eigenvalue weighted by molar-refractivity contribution is 7.21. The molecule has 1 nitrogen and oxygen atoms in total. The van der Waals surface area contributed by atoms with Gasteiger partial charge in [0.1, 0.15) is 5.01 Å². The molecule has 0 aliphatic carbocycles. The highest BCUT2D eigenvalue weighted by Crippen LogP contribution is 2.35. The van der Waals surface area contributed by atoms with Crippen molar-refractivity contribution in [3.63, 3.8) is 0 Å². The Morgan fingerprint density at radius 3 is 2.00 bits per heavy atom. The fraction of sp³-hybridized carbons (Fsp3) is 0. The number of rotatable bonds is 2. The molecule has 0 unspecified atom stereocenters. The molecule has 0 fully saturated rings. The highest BCUT2D eigenvalue weighted by atomic mass is 32.1. The van der Waals surface area contributed by atoms with Crippen LogP contribution in [-0.4, -0.2) is 4.98 Å². The van der Waals surface area contributed by atoms with Gasteiger partial charge in [0.25, 0.3) is 0 Å². The van der Waals surface area contributed by atoms with Crippen LogP contribution < -0.4 is 0 Å². The van der Waals surface area contributed by atoms with Gasteiger partial charge in [-0.05, 0) is 11.6 Å². The smallest absolute Gasteiger partial charge is 0.124 e. The van der Waals surface area contributed by atoms with E-state index in [-0.39, 0.29) is 0 Å². The lowest BCUT2D eigenvalue weighted by atomic mass is 10.0. The second-order valence-electron chi connectivity index (χ2n) is 4.90. The maximum absolute atomic E-state index is 4.88. The van der Waals surface area contributed by atoms with Crippen molar-refractivity contribution in [3.8, 4) is 21.7 Å². The van der Waals surface area contributed by atoms with Gasteiger partial charge in [-0.3, -0.25) is 0 Å². The third-order valence-corrected chi connectivity index (χ3v) is 4.59. The van der Waals surface area contributed by atoms with Gasteiger partial charge in [0.05, 0.1) is 10.2 Å². The molecule has 4 aromatic rings. The topological polar surface area (TPSA) is 12.9 Å². The Balaban J connectivity index is 1.93. The van der Waals surface area contributed by atoms with Crippen LogP contribution in [0.15, 0.2) is 78.9 Å². The van der Waals surface area contributed by atoms with E-state index in [9.17, 15) is 0 Å². The van der Waals surface area contributed by atoms with E-state index in [0.29, 0.717) is 0 Å². The minimum atomic E-state index is 1.08. The van der Waals surface area contributed by atoms with Crippen molar-refractivity contribution in [2.75, 3.05) is 0 Å². The number of hydrogen-bond acceptors (Lipinski definition) is 2. The number of thiazole rings is 1. The van der Waals surface area contributed by atoms with Gasteiger partial charge in [0, 0.05) is 11.1 Å². The maximum Gasteiger partial charge on any atom is 0.124 e. The normalized spacial score (nSPS) is 10.9. The number of nitrogens with zero attached hydrogens (tertiary/aromatic N) is 1. The Kier molecular flexibility index (Phi) is 3.02. The van der Waals surface area contributed by atoms with Gasteiger partial charge in [-0.2, -0.15) is 0 Å². The first-order valence-corrected chi connectivity index (χ1v) is 7.74. The average molecular weight is 287 g/mol. The van der Waals surface area contributed by atoms with Crippen LogP contribution in [0.25, 0.3) is 31.9 Å². The Morgan fingerprint density at radius 2 is 1.29 bits per heavy atom. The van der Waals surface area contributed by atoms with Crippen LogP contribution in [-0.2, 0) is 0 Å². The Labute approximate surface area is 127 Å². The summed E-state index contributed by atoms with van der Waals surface area (Å²) in [6, 6.07) is 27.2. The molecule has 0 bridgehead atoms. The molecule has 4 rings (SSSR count). The number of aromatic nitrogens is 1. The van der Waals surface area contributed by atoms with Gasteiger partial charge >= 0.3 is 0 Å². The predicted molar refractivity (Wildman–Crippen MR) is 90.5 cm³/mol. The highest BCUT2D eigenvalue weighted by Gasteiger charge is 2.10. The van der Waals surface area contributed by atoms with E-state index in [0.717, 1.165) is 10.5 Å². The summed E-state index contributed by atoms with van der Waals surface area (Å²) in [6.07, 6.45) is 0. The van der Waals surface area contributed by atoms with Crippen molar-refractivity contribution in [2.24, 2.45) is 0 Å². The van der Waals surface area contributed by atoms with Gasteiger partial charge in [0.15, 0.2) is 0 Å². The van der Waals surface area contributed by atoms with Crippen LogP contribution in [0.3, 0.4) is 0 Å². The third kappa shape index (κ3) is 2.24. The Morgan fingerprint density at radius 1 is 0.619 bits per heavy atom. The van der Waals surface area contributed by atoms with Crippen LogP contribution in [0.5, 0.6) is 0 Å². The number of para-hydroxylation sites is 1. The molecule has 0 N–H and O–H groups in total. The summed E-state index contributed by atoms with van der Waals surface area (Å²) in [6.45, 7) is 0. The summed E-state index contributed by atoms with van der Waals surface area (Å²) < 4.78 is 1.23. The van der Waals surface area contributed by atoms with Gasteiger partial charge in [-0.25, -0.2) is 4.98 Å². The lowest BCUT2D eigenvalue weighted by Gasteiger charge is -2.01. The van der Waals surface area contributed by atoms with E-state index in [4.69, 9.17) is 4.98 Å². The second kappa shape index (κ2) is 5.15. The standard InChI is InChI=1S/C19H13NS/c1-3-8-14(9-4-1)16-12-7-13-17-18(16)20-19(21-17)15-10-5-2-6-11-15/h1-13H. The molecule has 21 heavy (non-hydrogen) atoms. The summed E-state index contributed by atoms with van der Waals surface area (Å²) in [7, 11) is 0. The summed E-state index contributed by atoms with van der Waals surface area (Å²) in [5.41, 5.74) is 4.69. The summed E-state index contributed by atoms with van der Waals surface area (Å²) in [5.74, 6) is 0.